The first-order chi connectivity index (χ1) is 8.77. The lowest BCUT2D eigenvalue weighted by molar-refractivity contribution is 0.326. The van der Waals surface area contributed by atoms with Crippen LogP contribution in [0.4, 0.5) is 0 Å². The van der Waals surface area contributed by atoms with Crippen molar-refractivity contribution in [3.05, 3.63) is 71.3 Å². The quantitative estimate of drug-likeness (QED) is 0.676. The van der Waals surface area contributed by atoms with E-state index in [2.05, 4.69) is 68.4 Å². The van der Waals surface area contributed by atoms with E-state index in [1.807, 2.05) is 0 Å². The molecule has 0 amide bonds. The summed E-state index contributed by atoms with van der Waals surface area (Å²) in [7, 11) is 0. The average molecular weight is 236 g/mol. The van der Waals surface area contributed by atoms with Crippen LogP contribution in [-0.4, -0.2) is 0 Å². The third kappa shape index (κ3) is 1.86. The van der Waals surface area contributed by atoms with Crippen LogP contribution in [-0.2, 0) is 6.42 Å². The molecule has 0 N–H and O–H groups in total. The highest BCUT2D eigenvalue weighted by Crippen LogP contribution is 2.43. The van der Waals surface area contributed by atoms with E-state index < -0.39 is 0 Å². The molecule has 0 heteroatoms. The molecule has 0 aromatic heterocycles. The molecule has 0 spiro atoms. The summed E-state index contributed by atoms with van der Waals surface area (Å²) >= 11 is 0. The van der Waals surface area contributed by atoms with Gasteiger partial charge in [-0.3, -0.25) is 0 Å². The molecule has 0 bridgehead atoms. The summed E-state index contributed by atoms with van der Waals surface area (Å²) in [4.78, 5) is 0. The lowest BCUT2D eigenvalue weighted by atomic mass is 9.68. The van der Waals surface area contributed by atoms with Crippen LogP contribution in [0, 0.1) is 11.8 Å². The summed E-state index contributed by atoms with van der Waals surface area (Å²) in [6, 6.07) is 19.9. The molecule has 92 valence electrons. The molecular weight excluding hydrogens is 216 g/mol. The number of hydrogen-bond donors (Lipinski definition) is 0. The van der Waals surface area contributed by atoms with Gasteiger partial charge in [0.15, 0.2) is 0 Å². The first kappa shape index (κ1) is 11.5. The summed E-state index contributed by atoms with van der Waals surface area (Å²) in [6.07, 6.45) is 1.22. The fraction of sp³-hybridized carbons (Fsp3) is 0.333. The Hall–Kier alpha value is -1.56. The number of fused-ring (bicyclic) bond motifs is 1. The summed E-state index contributed by atoms with van der Waals surface area (Å²) in [5, 5.41) is 0. The maximum Gasteiger partial charge on any atom is 0.0120 e. The maximum atomic E-state index is 2.40. The maximum absolute atomic E-state index is 2.40. The smallest absolute Gasteiger partial charge is 0.0120 e. The predicted octanol–water partition coefficient (Wildman–Crippen LogP) is 4.65. The molecule has 0 heterocycles. The van der Waals surface area contributed by atoms with E-state index in [0.717, 1.165) is 5.92 Å². The largest absolute Gasteiger partial charge is 0.0622 e. The van der Waals surface area contributed by atoms with Gasteiger partial charge in [-0.1, -0.05) is 68.4 Å². The van der Waals surface area contributed by atoms with Crippen molar-refractivity contribution in [2.45, 2.75) is 26.2 Å². The first-order valence-electron chi connectivity index (χ1n) is 6.90. The van der Waals surface area contributed by atoms with E-state index in [4.69, 9.17) is 0 Å². The van der Waals surface area contributed by atoms with Crippen LogP contribution in [0.25, 0.3) is 0 Å². The topological polar surface area (TPSA) is 0 Å². The minimum Gasteiger partial charge on any atom is -0.0622 e. The first-order valence-corrected chi connectivity index (χ1v) is 6.90. The molecule has 0 saturated heterocycles. The molecule has 1 aliphatic carbocycles. The van der Waals surface area contributed by atoms with Crippen molar-refractivity contribution < 1.29 is 0 Å². The van der Waals surface area contributed by atoms with E-state index in [1.165, 1.54) is 23.1 Å². The van der Waals surface area contributed by atoms with Crippen LogP contribution in [0.1, 0.15) is 36.5 Å². The van der Waals surface area contributed by atoms with Crippen LogP contribution in [0.3, 0.4) is 0 Å². The van der Waals surface area contributed by atoms with Gasteiger partial charge in [-0.05, 0) is 34.9 Å². The highest BCUT2D eigenvalue weighted by atomic mass is 14.4. The van der Waals surface area contributed by atoms with E-state index in [0.29, 0.717) is 11.8 Å². The van der Waals surface area contributed by atoms with Crippen molar-refractivity contribution in [1.29, 1.82) is 0 Å². The van der Waals surface area contributed by atoms with Crippen LogP contribution in [0.5, 0.6) is 0 Å². The van der Waals surface area contributed by atoms with E-state index >= 15 is 0 Å². The molecule has 3 atom stereocenters. The van der Waals surface area contributed by atoms with Gasteiger partial charge < -0.3 is 0 Å². The zero-order valence-corrected chi connectivity index (χ0v) is 11.1. The molecule has 0 nitrogen and oxygen atoms in total. The molecule has 1 aliphatic rings. The lowest BCUT2D eigenvalue weighted by Crippen LogP contribution is -2.26. The fourth-order valence-corrected chi connectivity index (χ4v) is 3.31. The molecule has 0 unspecified atom stereocenters. The standard InChI is InChI=1S/C18H20/c1-13-12-16-10-6-7-11-17(16)18(14(13)2)15-8-4-3-5-9-15/h3-11,13-14,18H,12H2,1-2H3/t13-,14-,18-/m1/s1. The molecule has 0 fully saturated rings. The van der Waals surface area contributed by atoms with Crippen LogP contribution in [0.2, 0.25) is 0 Å². The Morgan fingerprint density at radius 1 is 0.833 bits per heavy atom. The molecule has 0 saturated carbocycles. The van der Waals surface area contributed by atoms with Crippen molar-refractivity contribution in [2.75, 3.05) is 0 Å². The minimum absolute atomic E-state index is 0.561. The third-order valence-electron chi connectivity index (χ3n) is 4.51. The van der Waals surface area contributed by atoms with Gasteiger partial charge in [0.2, 0.25) is 0 Å². The minimum atomic E-state index is 0.561. The Labute approximate surface area is 110 Å². The molecular formula is C18H20. The van der Waals surface area contributed by atoms with Gasteiger partial charge in [-0.15, -0.1) is 0 Å². The Balaban J connectivity index is 2.12. The van der Waals surface area contributed by atoms with Gasteiger partial charge in [0, 0.05) is 5.92 Å². The predicted molar refractivity (Wildman–Crippen MR) is 76.8 cm³/mol. The molecule has 3 rings (SSSR count). The zero-order valence-electron chi connectivity index (χ0n) is 11.1. The Kier molecular flexibility index (Phi) is 2.95. The zero-order chi connectivity index (χ0) is 12.5. The van der Waals surface area contributed by atoms with Gasteiger partial charge in [-0.25, -0.2) is 0 Å². The molecule has 2 aromatic rings. The average Bonchev–Trinajstić information content (AvgIpc) is 2.41. The van der Waals surface area contributed by atoms with Gasteiger partial charge >= 0.3 is 0 Å². The fourth-order valence-electron chi connectivity index (χ4n) is 3.31. The molecule has 0 radical (unpaired) electrons. The number of hydrogen-bond acceptors (Lipinski definition) is 0. The monoisotopic (exact) mass is 236 g/mol. The van der Waals surface area contributed by atoms with Crippen molar-refractivity contribution in [2.24, 2.45) is 11.8 Å². The van der Waals surface area contributed by atoms with Crippen molar-refractivity contribution in [1.82, 2.24) is 0 Å². The Bertz CT molecular complexity index is 527. The molecule has 18 heavy (non-hydrogen) atoms. The number of benzene rings is 2. The van der Waals surface area contributed by atoms with Gasteiger partial charge in [-0.2, -0.15) is 0 Å². The second kappa shape index (κ2) is 4.61. The van der Waals surface area contributed by atoms with Gasteiger partial charge in [0.1, 0.15) is 0 Å². The van der Waals surface area contributed by atoms with Crippen LogP contribution >= 0.6 is 0 Å². The molecule has 0 aliphatic heterocycles. The highest BCUT2D eigenvalue weighted by Gasteiger charge is 2.31. The second-order valence-electron chi connectivity index (χ2n) is 5.63. The number of rotatable bonds is 1. The summed E-state index contributed by atoms with van der Waals surface area (Å²) in [5.74, 6) is 2.03. The SMILES string of the molecule is C[C@H]1[C@H](c2ccccc2)c2ccccc2C[C@H]1C. The van der Waals surface area contributed by atoms with Crippen LogP contribution < -0.4 is 0 Å². The van der Waals surface area contributed by atoms with Crippen LogP contribution in [0.15, 0.2) is 54.6 Å². The normalized spacial score (nSPS) is 26.7. The highest BCUT2D eigenvalue weighted by molar-refractivity contribution is 5.41. The third-order valence-corrected chi connectivity index (χ3v) is 4.51. The Morgan fingerprint density at radius 3 is 2.28 bits per heavy atom. The lowest BCUT2D eigenvalue weighted by Gasteiger charge is -2.36. The van der Waals surface area contributed by atoms with Gasteiger partial charge in [0.25, 0.3) is 0 Å². The second-order valence-corrected chi connectivity index (χ2v) is 5.63. The van der Waals surface area contributed by atoms with Crippen molar-refractivity contribution in [3.63, 3.8) is 0 Å². The summed E-state index contributed by atoms with van der Waals surface area (Å²) in [6.45, 7) is 4.79. The van der Waals surface area contributed by atoms with Gasteiger partial charge in [0.05, 0.1) is 0 Å². The summed E-state index contributed by atoms with van der Waals surface area (Å²) < 4.78 is 0. The Morgan fingerprint density at radius 2 is 1.50 bits per heavy atom. The summed E-state index contributed by atoms with van der Waals surface area (Å²) in [5.41, 5.74) is 4.54. The van der Waals surface area contributed by atoms with Crippen molar-refractivity contribution >= 4 is 0 Å². The molecule has 2 aromatic carbocycles. The van der Waals surface area contributed by atoms with E-state index in [-0.39, 0.29) is 0 Å². The van der Waals surface area contributed by atoms with E-state index in [1.54, 1.807) is 0 Å². The van der Waals surface area contributed by atoms with Crippen molar-refractivity contribution in [3.8, 4) is 0 Å². The van der Waals surface area contributed by atoms with E-state index in [9.17, 15) is 0 Å².